The van der Waals surface area contributed by atoms with E-state index in [2.05, 4.69) is 19.2 Å². The predicted molar refractivity (Wildman–Crippen MR) is 64.0 cm³/mol. The van der Waals surface area contributed by atoms with Gasteiger partial charge in [-0.15, -0.1) is 0 Å². The lowest BCUT2D eigenvalue weighted by Gasteiger charge is -2.20. The van der Waals surface area contributed by atoms with Crippen molar-refractivity contribution in [1.82, 2.24) is 0 Å². The highest BCUT2D eigenvalue weighted by Crippen LogP contribution is 2.35. The van der Waals surface area contributed by atoms with Crippen LogP contribution in [0, 0.1) is 12.3 Å². The first-order chi connectivity index (χ1) is 6.98. The van der Waals surface area contributed by atoms with Crippen molar-refractivity contribution in [2.24, 2.45) is 5.41 Å². The fourth-order valence-corrected chi connectivity index (χ4v) is 1.73. The van der Waals surface area contributed by atoms with E-state index in [1.165, 1.54) is 0 Å². The van der Waals surface area contributed by atoms with E-state index in [1.807, 2.05) is 19.1 Å². The van der Waals surface area contributed by atoms with Crippen molar-refractivity contribution < 1.29 is 4.74 Å². The van der Waals surface area contributed by atoms with Gasteiger partial charge >= 0.3 is 0 Å². The molecule has 0 spiro atoms. The summed E-state index contributed by atoms with van der Waals surface area (Å²) in [5.74, 6) is 0.858. The highest BCUT2D eigenvalue weighted by molar-refractivity contribution is 6.31. The third kappa shape index (κ3) is 2.20. The van der Waals surface area contributed by atoms with Crippen LogP contribution >= 0.6 is 11.6 Å². The molecule has 0 atom stereocenters. The lowest BCUT2D eigenvalue weighted by molar-refractivity contribution is 0.200. The van der Waals surface area contributed by atoms with E-state index in [0.29, 0.717) is 6.61 Å². The van der Waals surface area contributed by atoms with Gasteiger partial charge in [0.05, 0.1) is 12.3 Å². The molecule has 0 unspecified atom stereocenters. The smallest absolute Gasteiger partial charge is 0.143 e. The van der Waals surface area contributed by atoms with Gasteiger partial charge in [0, 0.05) is 23.0 Å². The van der Waals surface area contributed by atoms with Crippen molar-refractivity contribution >= 4 is 17.3 Å². The van der Waals surface area contributed by atoms with Crippen LogP contribution in [-0.4, -0.2) is 13.2 Å². The molecule has 0 saturated heterocycles. The number of hydrogen-bond acceptors (Lipinski definition) is 2. The van der Waals surface area contributed by atoms with E-state index in [0.717, 1.165) is 28.6 Å². The molecule has 2 nitrogen and oxygen atoms in total. The molecule has 0 fully saturated rings. The first-order valence-corrected chi connectivity index (χ1v) is 5.53. The number of aryl methyl sites for hydroxylation is 1. The normalized spacial score (nSPS) is 18.4. The minimum absolute atomic E-state index is 0.152. The maximum Gasteiger partial charge on any atom is 0.143 e. The van der Waals surface area contributed by atoms with Crippen LogP contribution in [0.5, 0.6) is 5.75 Å². The second kappa shape index (κ2) is 3.60. The highest BCUT2D eigenvalue weighted by atomic mass is 35.5. The van der Waals surface area contributed by atoms with Crippen LogP contribution in [0.2, 0.25) is 5.02 Å². The molecule has 3 heteroatoms. The minimum Gasteiger partial charge on any atom is -0.491 e. The molecule has 0 saturated carbocycles. The molecule has 0 aliphatic carbocycles. The average Bonchev–Trinajstić information content (AvgIpc) is 2.29. The number of nitrogens with one attached hydrogen (secondary N) is 1. The molecular formula is C12H16ClNO. The van der Waals surface area contributed by atoms with Crippen LogP contribution in [0.4, 0.5) is 5.69 Å². The summed E-state index contributed by atoms with van der Waals surface area (Å²) in [4.78, 5) is 0. The molecule has 0 aromatic heterocycles. The van der Waals surface area contributed by atoms with E-state index in [-0.39, 0.29) is 5.41 Å². The Labute approximate surface area is 95.6 Å². The Hall–Kier alpha value is -0.890. The number of rotatable bonds is 0. The van der Waals surface area contributed by atoms with Crippen LogP contribution in [0.15, 0.2) is 12.1 Å². The molecule has 2 rings (SSSR count). The summed E-state index contributed by atoms with van der Waals surface area (Å²) in [6.07, 6.45) is 0. The molecule has 1 aliphatic heterocycles. The third-order valence-electron chi connectivity index (χ3n) is 2.64. The quantitative estimate of drug-likeness (QED) is 0.730. The van der Waals surface area contributed by atoms with Crippen molar-refractivity contribution in [3.63, 3.8) is 0 Å². The van der Waals surface area contributed by atoms with E-state index in [1.54, 1.807) is 0 Å². The molecule has 1 aromatic carbocycles. The van der Waals surface area contributed by atoms with Gasteiger partial charge < -0.3 is 10.1 Å². The van der Waals surface area contributed by atoms with E-state index < -0.39 is 0 Å². The third-order valence-corrected chi connectivity index (χ3v) is 3.04. The Morgan fingerprint density at radius 1 is 1.40 bits per heavy atom. The number of fused-ring (bicyclic) bond motifs is 1. The van der Waals surface area contributed by atoms with Gasteiger partial charge in [0.1, 0.15) is 5.75 Å². The van der Waals surface area contributed by atoms with Crippen LogP contribution in [-0.2, 0) is 0 Å². The monoisotopic (exact) mass is 225 g/mol. The van der Waals surface area contributed by atoms with Gasteiger partial charge in [-0.2, -0.15) is 0 Å². The van der Waals surface area contributed by atoms with E-state index in [4.69, 9.17) is 16.3 Å². The van der Waals surface area contributed by atoms with Gasteiger partial charge in [0.25, 0.3) is 0 Å². The van der Waals surface area contributed by atoms with Crippen molar-refractivity contribution in [2.75, 3.05) is 18.5 Å². The molecule has 0 bridgehead atoms. The molecule has 82 valence electrons. The number of hydrogen-bond donors (Lipinski definition) is 1. The van der Waals surface area contributed by atoms with E-state index in [9.17, 15) is 0 Å². The van der Waals surface area contributed by atoms with E-state index >= 15 is 0 Å². The first-order valence-electron chi connectivity index (χ1n) is 5.15. The lowest BCUT2D eigenvalue weighted by atomic mass is 9.95. The Morgan fingerprint density at radius 2 is 2.13 bits per heavy atom. The van der Waals surface area contributed by atoms with Gasteiger partial charge in [0.15, 0.2) is 0 Å². The highest BCUT2D eigenvalue weighted by Gasteiger charge is 2.23. The average molecular weight is 226 g/mol. The van der Waals surface area contributed by atoms with Crippen molar-refractivity contribution in [3.05, 3.63) is 22.7 Å². The molecule has 0 radical (unpaired) electrons. The van der Waals surface area contributed by atoms with Gasteiger partial charge in [0.2, 0.25) is 0 Å². The number of halogens is 1. The molecule has 1 N–H and O–H groups in total. The Balaban J connectivity index is 2.36. The second-order valence-corrected chi connectivity index (χ2v) is 5.31. The van der Waals surface area contributed by atoms with Gasteiger partial charge in [-0.25, -0.2) is 0 Å². The molecule has 1 heterocycles. The van der Waals surface area contributed by atoms with Crippen LogP contribution in [0.1, 0.15) is 19.4 Å². The van der Waals surface area contributed by atoms with Crippen LogP contribution < -0.4 is 10.1 Å². The zero-order valence-corrected chi connectivity index (χ0v) is 10.1. The summed E-state index contributed by atoms with van der Waals surface area (Å²) in [7, 11) is 0. The molecule has 0 amide bonds. The molecule has 1 aliphatic rings. The Morgan fingerprint density at radius 3 is 2.87 bits per heavy atom. The standard InChI is InChI=1S/C12H16ClNO/c1-8-4-10-11(5-9(8)13)15-7-12(2,3)6-14-10/h4-5,14H,6-7H2,1-3H3. The summed E-state index contributed by atoms with van der Waals surface area (Å²) < 4.78 is 5.75. The van der Waals surface area contributed by atoms with Crippen LogP contribution in [0.3, 0.4) is 0 Å². The fourth-order valence-electron chi connectivity index (χ4n) is 1.58. The van der Waals surface area contributed by atoms with Crippen molar-refractivity contribution in [3.8, 4) is 5.75 Å². The topological polar surface area (TPSA) is 21.3 Å². The predicted octanol–water partition coefficient (Wildman–Crippen LogP) is 3.48. The first kappa shape index (κ1) is 10.6. The lowest BCUT2D eigenvalue weighted by Crippen LogP contribution is -2.27. The van der Waals surface area contributed by atoms with Crippen molar-refractivity contribution in [1.29, 1.82) is 0 Å². The molecular weight excluding hydrogens is 210 g/mol. The summed E-state index contributed by atoms with van der Waals surface area (Å²) in [5.41, 5.74) is 2.27. The summed E-state index contributed by atoms with van der Waals surface area (Å²) in [5, 5.41) is 4.16. The summed E-state index contributed by atoms with van der Waals surface area (Å²) in [6, 6.07) is 3.93. The maximum absolute atomic E-state index is 6.06. The Bertz CT molecular complexity index is 352. The summed E-state index contributed by atoms with van der Waals surface area (Å²) in [6.45, 7) is 7.99. The van der Waals surface area contributed by atoms with Gasteiger partial charge in [-0.3, -0.25) is 0 Å². The number of ether oxygens (including phenoxy) is 1. The second-order valence-electron chi connectivity index (χ2n) is 4.90. The molecule has 15 heavy (non-hydrogen) atoms. The number of anilines is 1. The maximum atomic E-state index is 6.06. The molecule has 1 aromatic rings. The van der Waals surface area contributed by atoms with Crippen molar-refractivity contribution in [2.45, 2.75) is 20.8 Å². The van der Waals surface area contributed by atoms with Crippen LogP contribution in [0.25, 0.3) is 0 Å². The fraction of sp³-hybridized carbons (Fsp3) is 0.500. The van der Waals surface area contributed by atoms with Gasteiger partial charge in [-0.1, -0.05) is 25.4 Å². The zero-order chi connectivity index (χ0) is 11.1. The largest absolute Gasteiger partial charge is 0.491 e. The summed E-state index contributed by atoms with van der Waals surface area (Å²) >= 11 is 6.06. The number of benzene rings is 1. The minimum atomic E-state index is 0.152. The Kier molecular flexibility index (Phi) is 2.55. The SMILES string of the molecule is Cc1cc2c(cc1Cl)OCC(C)(C)CN2. The van der Waals surface area contributed by atoms with Gasteiger partial charge in [-0.05, 0) is 18.6 Å². The zero-order valence-electron chi connectivity index (χ0n) is 9.36.